The van der Waals surface area contributed by atoms with E-state index in [0.717, 1.165) is 38.6 Å². The van der Waals surface area contributed by atoms with Crippen LogP contribution in [0.5, 0.6) is 0 Å². The summed E-state index contributed by atoms with van der Waals surface area (Å²) >= 11 is 0. The average Bonchev–Trinajstić information content (AvgIpc) is 2.71. The monoisotopic (exact) mass is 394 g/mol. The second kappa shape index (κ2) is 19.7. The van der Waals surface area contributed by atoms with E-state index in [9.17, 15) is 4.79 Å². The maximum atomic E-state index is 11.8. The van der Waals surface area contributed by atoms with Crippen LogP contribution < -0.4 is 5.32 Å². The van der Waals surface area contributed by atoms with E-state index in [1.165, 1.54) is 96.3 Å². The average molecular weight is 395 g/mol. The highest BCUT2D eigenvalue weighted by atomic mass is 16.6. The van der Waals surface area contributed by atoms with Crippen molar-refractivity contribution in [3.8, 4) is 0 Å². The van der Waals surface area contributed by atoms with E-state index in [0.29, 0.717) is 6.42 Å². The summed E-state index contributed by atoms with van der Waals surface area (Å²) in [6.07, 6.45) is 26.8. The Kier molecular flexibility index (Phi) is 17.9. The van der Waals surface area contributed by atoms with Gasteiger partial charge in [0.05, 0.1) is 0 Å². The van der Waals surface area contributed by atoms with E-state index in [4.69, 9.17) is 4.74 Å². The highest BCUT2D eigenvalue weighted by molar-refractivity contribution is 5.69. The van der Waals surface area contributed by atoms with Crippen molar-refractivity contribution in [2.75, 3.05) is 6.54 Å². The second-order valence-electron chi connectivity index (χ2n) is 8.75. The summed E-state index contributed by atoms with van der Waals surface area (Å²) < 4.78 is 5.41. The molecule has 1 radical (unpaired) electrons. The van der Waals surface area contributed by atoms with Crippen LogP contribution in [0.2, 0.25) is 0 Å². The molecular formula is C25H48NO2. The molecule has 3 nitrogen and oxygen atoms in total. The largest absolute Gasteiger partial charge is 0.445 e. The molecule has 0 N–H and O–H groups in total. The van der Waals surface area contributed by atoms with Crippen LogP contribution in [0.25, 0.3) is 0 Å². The fraction of sp³-hybridized carbons (Fsp3) is 0.960. The van der Waals surface area contributed by atoms with Crippen LogP contribution in [-0.4, -0.2) is 18.7 Å². The third kappa shape index (κ3) is 16.4. The van der Waals surface area contributed by atoms with Crippen molar-refractivity contribution in [1.29, 1.82) is 0 Å². The number of hydrogen-bond donors (Lipinski definition) is 0. The van der Waals surface area contributed by atoms with Crippen molar-refractivity contribution >= 4 is 5.97 Å². The third-order valence-electron chi connectivity index (χ3n) is 5.94. The van der Waals surface area contributed by atoms with Gasteiger partial charge in [-0.05, 0) is 25.7 Å². The summed E-state index contributed by atoms with van der Waals surface area (Å²) in [6, 6.07) is 0. The van der Waals surface area contributed by atoms with Gasteiger partial charge in [-0.1, -0.05) is 110 Å². The molecule has 165 valence electrons. The Morgan fingerprint density at radius 2 is 1.18 bits per heavy atom. The first-order valence-electron chi connectivity index (χ1n) is 12.7. The van der Waals surface area contributed by atoms with Gasteiger partial charge in [0.15, 0.2) is 6.23 Å². The van der Waals surface area contributed by atoms with Crippen LogP contribution in [0.15, 0.2) is 0 Å². The van der Waals surface area contributed by atoms with Crippen LogP contribution >= 0.6 is 0 Å². The molecule has 1 heterocycles. The van der Waals surface area contributed by atoms with E-state index in [1.54, 1.807) is 0 Å². The molecule has 1 atom stereocenters. The minimum absolute atomic E-state index is 0.0448. The molecule has 1 aliphatic heterocycles. The third-order valence-corrected chi connectivity index (χ3v) is 5.94. The number of rotatable bonds is 19. The first kappa shape index (κ1) is 25.5. The van der Waals surface area contributed by atoms with E-state index >= 15 is 0 Å². The molecule has 0 aliphatic carbocycles. The molecule has 0 aromatic rings. The van der Waals surface area contributed by atoms with E-state index in [1.807, 2.05) is 0 Å². The van der Waals surface area contributed by atoms with Gasteiger partial charge in [-0.3, -0.25) is 4.79 Å². The Balaban J connectivity index is 1.71. The topological polar surface area (TPSA) is 40.4 Å². The van der Waals surface area contributed by atoms with E-state index in [2.05, 4.69) is 12.2 Å². The Labute approximate surface area is 175 Å². The molecule has 0 aromatic heterocycles. The normalized spacial score (nSPS) is 17.0. The number of piperidine rings is 1. The zero-order valence-corrected chi connectivity index (χ0v) is 18.9. The minimum Gasteiger partial charge on any atom is -0.445 e. The zero-order valence-electron chi connectivity index (χ0n) is 18.9. The van der Waals surface area contributed by atoms with Crippen molar-refractivity contribution < 1.29 is 9.53 Å². The number of hydrogen-bond acceptors (Lipinski definition) is 2. The predicted molar refractivity (Wildman–Crippen MR) is 120 cm³/mol. The molecule has 0 bridgehead atoms. The number of carbonyl (C=O) groups excluding carboxylic acids is 1. The maximum Gasteiger partial charge on any atom is 0.307 e. The van der Waals surface area contributed by atoms with Crippen molar-refractivity contribution in [1.82, 2.24) is 5.32 Å². The first-order valence-corrected chi connectivity index (χ1v) is 12.7. The summed E-state index contributed by atoms with van der Waals surface area (Å²) in [5.74, 6) is -0.0448. The van der Waals surface area contributed by atoms with Gasteiger partial charge in [-0.25, -0.2) is 5.32 Å². The molecule has 1 unspecified atom stereocenters. The number of carbonyl (C=O) groups is 1. The summed E-state index contributed by atoms with van der Waals surface area (Å²) in [4.78, 5) is 11.8. The van der Waals surface area contributed by atoms with Gasteiger partial charge in [0, 0.05) is 13.0 Å². The molecule has 0 amide bonds. The Bertz CT molecular complexity index is 339. The van der Waals surface area contributed by atoms with Gasteiger partial charge < -0.3 is 4.74 Å². The fourth-order valence-corrected chi connectivity index (χ4v) is 4.06. The SMILES string of the molecule is CCCCCCCCCCCCCCCCCCCC(=O)OC1CCCC[N]1. The molecule has 0 aromatic carbocycles. The number of ether oxygens (including phenoxy) is 1. The fourth-order valence-electron chi connectivity index (χ4n) is 4.06. The first-order chi connectivity index (χ1) is 13.8. The minimum atomic E-state index is -0.146. The molecule has 3 heteroatoms. The van der Waals surface area contributed by atoms with Gasteiger partial charge >= 0.3 is 5.97 Å². The van der Waals surface area contributed by atoms with Crippen LogP contribution in [0.3, 0.4) is 0 Å². The maximum absolute atomic E-state index is 11.8. The number of esters is 1. The summed E-state index contributed by atoms with van der Waals surface area (Å²) in [5.41, 5.74) is 0. The Morgan fingerprint density at radius 1 is 0.714 bits per heavy atom. The van der Waals surface area contributed by atoms with Gasteiger partial charge in [0.25, 0.3) is 0 Å². The number of nitrogens with zero attached hydrogens (tertiary/aromatic N) is 1. The highest BCUT2D eigenvalue weighted by Crippen LogP contribution is 2.15. The van der Waals surface area contributed by atoms with Crippen LogP contribution in [-0.2, 0) is 9.53 Å². The summed E-state index contributed by atoms with van der Waals surface area (Å²) in [5, 5.41) is 4.35. The van der Waals surface area contributed by atoms with Crippen molar-refractivity contribution in [2.45, 2.75) is 148 Å². The molecule has 1 fully saturated rings. The lowest BCUT2D eigenvalue weighted by molar-refractivity contribution is -0.152. The Hall–Kier alpha value is -0.570. The van der Waals surface area contributed by atoms with Gasteiger partial charge in [-0.2, -0.15) is 0 Å². The van der Waals surface area contributed by atoms with E-state index in [-0.39, 0.29) is 12.2 Å². The van der Waals surface area contributed by atoms with Crippen molar-refractivity contribution in [3.05, 3.63) is 0 Å². The van der Waals surface area contributed by atoms with E-state index < -0.39 is 0 Å². The number of unbranched alkanes of at least 4 members (excludes halogenated alkanes) is 16. The van der Waals surface area contributed by atoms with Gasteiger partial charge in [0.2, 0.25) is 0 Å². The summed E-state index contributed by atoms with van der Waals surface area (Å²) in [7, 11) is 0. The Morgan fingerprint density at radius 3 is 1.61 bits per heavy atom. The van der Waals surface area contributed by atoms with Crippen molar-refractivity contribution in [2.24, 2.45) is 0 Å². The lowest BCUT2D eigenvalue weighted by Gasteiger charge is -2.21. The summed E-state index contributed by atoms with van der Waals surface area (Å²) in [6.45, 7) is 3.14. The van der Waals surface area contributed by atoms with Gasteiger partial charge in [-0.15, -0.1) is 0 Å². The molecular weight excluding hydrogens is 346 g/mol. The standard InChI is InChI=1S/C25H48NO2/c1-2-3-4-5-6-7-8-9-10-11-12-13-14-15-16-17-18-22-25(27)28-24-21-19-20-23-26-24/h24H,2-23H2,1H3. The molecule has 0 spiro atoms. The molecule has 1 saturated heterocycles. The lowest BCUT2D eigenvalue weighted by Crippen LogP contribution is -2.32. The predicted octanol–water partition coefficient (Wildman–Crippen LogP) is 7.69. The quantitative estimate of drug-likeness (QED) is 0.166. The highest BCUT2D eigenvalue weighted by Gasteiger charge is 2.17. The zero-order chi connectivity index (χ0) is 20.1. The lowest BCUT2D eigenvalue weighted by atomic mass is 10.0. The van der Waals surface area contributed by atoms with Crippen LogP contribution in [0.1, 0.15) is 142 Å². The molecule has 0 saturated carbocycles. The molecule has 1 aliphatic rings. The smallest absolute Gasteiger partial charge is 0.307 e. The second-order valence-corrected chi connectivity index (χ2v) is 8.75. The van der Waals surface area contributed by atoms with Crippen molar-refractivity contribution in [3.63, 3.8) is 0 Å². The molecule has 28 heavy (non-hydrogen) atoms. The van der Waals surface area contributed by atoms with Gasteiger partial charge in [0.1, 0.15) is 0 Å². The molecule has 1 rings (SSSR count). The van der Waals surface area contributed by atoms with Crippen LogP contribution in [0.4, 0.5) is 0 Å². The van der Waals surface area contributed by atoms with Crippen LogP contribution in [0, 0.1) is 0 Å².